The third-order valence-corrected chi connectivity index (χ3v) is 4.81. The van der Waals surface area contributed by atoms with Gasteiger partial charge in [-0.15, -0.1) is 0 Å². The molecule has 0 radical (unpaired) electrons. The van der Waals surface area contributed by atoms with E-state index >= 15 is 0 Å². The van der Waals surface area contributed by atoms with Gasteiger partial charge in [0, 0.05) is 0 Å². The van der Waals surface area contributed by atoms with Gasteiger partial charge in [-0.3, -0.25) is 0 Å². The average molecular weight is 345 g/mol. The van der Waals surface area contributed by atoms with Gasteiger partial charge in [-0.2, -0.15) is 0 Å². The lowest BCUT2D eigenvalue weighted by Crippen LogP contribution is -2.04. The van der Waals surface area contributed by atoms with Gasteiger partial charge in [0.25, 0.3) is 0 Å². The molecule has 0 saturated carbocycles. The Balaban J connectivity index is 1.41. The summed E-state index contributed by atoms with van der Waals surface area (Å²) in [5, 5.41) is 0. The zero-order valence-corrected chi connectivity index (χ0v) is 16.1. The maximum absolute atomic E-state index is 5.76. The lowest BCUT2D eigenvalue weighted by atomic mass is 10.0. The molecule has 0 amide bonds. The fraction of sp³-hybridized carbons (Fsp3) is 0.652. The van der Waals surface area contributed by atoms with Crippen molar-refractivity contribution in [3.63, 3.8) is 0 Å². The highest BCUT2D eigenvalue weighted by Crippen LogP contribution is 2.18. The molecule has 2 heteroatoms. The summed E-state index contributed by atoms with van der Waals surface area (Å²) in [6, 6.07) is 8.56. The van der Waals surface area contributed by atoms with Crippen LogP contribution in [0.2, 0.25) is 0 Å². The fourth-order valence-corrected chi connectivity index (χ4v) is 3.14. The lowest BCUT2D eigenvalue weighted by Gasteiger charge is -2.07. The fourth-order valence-electron chi connectivity index (χ4n) is 3.14. The van der Waals surface area contributed by atoms with Gasteiger partial charge >= 0.3 is 0 Å². The summed E-state index contributed by atoms with van der Waals surface area (Å²) in [6.07, 6.45) is 19.6. The average Bonchev–Trinajstić information content (AvgIpc) is 3.46. The highest BCUT2D eigenvalue weighted by molar-refractivity contribution is 5.28. The Bertz CT molecular complexity index is 477. The van der Waals surface area contributed by atoms with Crippen LogP contribution in [0.1, 0.15) is 76.7 Å². The largest absolute Gasteiger partial charge is 0.491 e. The summed E-state index contributed by atoms with van der Waals surface area (Å²) in [5.41, 5.74) is 1.40. The maximum atomic E-state index is 5.76. The Hall–Kier alpha value is -1.28. The van der Waals surface area contributed by atoms with Crippen molar-refractivity contribution in [2.75, 3.05) is 13.2 Å². The number of benzene rings is 1. The first-order valence-electron chi connectivity index (χ1n) is 10.3. The monoisotopic (exact) mass is 344 g/mol. The van der Waals surface area contributed by atoms with Crippen LogP contribution in [-0.2, 0) is 11.2 Å². The molecule has 1 aliphatic rings. The highest BCUT2D eigenvalue weighted by atomic mass is 16.6. The molecule has 1 aromatic carbocycles. The minimum atomic E-state index is 0.330. The molecule has 1 saturated heterocycles. The van der Waals surface area contributed by atoms with Crippen molar-refractivity contribution >= 4 is 0 Å². The minimum absolute atomic E-state index is 0.330. The van der Waals surface area contributed by atoms with E-state index in [2.05, 4.69) is 37.3 Å². The third kappa shape index (κ3) is 10.3. The number of allylic oxidation sites excluding steroid dienone is 2. The van der Waals surface area contributed by atoms with Crippen LogP contribution < -0.4 is 4.74 Å². The minimum Gasteiger partial charge on any atom is -0.491 e. The number of epoxide rings is 1. The van der Waals surface area contributed by atoms with Gasteiger partial charge in [-0.05, 0) is 50.3 Å². The Labute approximate surface area is 154 Å². The molecule has 1 aromatic rings. The molecule has 0 aliphatic carbocycles. The number of hydrogen-bond acceptors (Lipinski definition) is 2. The van der Waals surface area contributed by atoms with E-state index < -0.39 is 0 Å². The van der Waals surface area contributed by atoms with Crippen LogP contribution in [0.4, 0.5) is 0 Å². The molecule has 140 valence electrons. The van der Waals surface area contributed by atoms with Crippen LogP contribution in [-0.4, -0.2) is 19.3 Å². The summed E-state index contributed by atoms with van der Waals surface area (Å²) < 4.78 is 10.9. The molecular weight excluding hydrogens is 308 g/mol. The molecule has 1 fully saturated rings. The predicted molar refractivity (Wildman–Crippen MR) is 106 cm³/mol. The van der Waals surface area contributed by atoms with Crippen molar-refractivity contribution in [3.05, 3.63) is 42.0 Å². The topological polar surface area (TPSA) is 21.8 Å². The molecule has 25 heavy (non-hydrogen) atoms. The van der Waals surface area contributed by atoms with E-state index in [4.69, 9.17) is 9.47 Å². The van der Waals surface area contributed by atoms with Crippen LogP contribution in [0.3, 0.4) is 0 Å². The van der Waals surface area contributed by atoms with Crippen LogP contribution in [0, 0.1) is 0 Å². The number of ether oxygens (including phenoxy) is 2. The molecule has 2 rings (SSSR count). The molecule has 1 heterocycles. The van der Waals surface area contributed by atoms with E-state index in [9.17, 15) is 0 Å². The second-order valence-corrected chi connectivity index (χ2v) is 7.20. The number of rotatable bonds is 15. The molecule has 1 aliphatic heterocycles. The Morgan fingerprint density at radius 3 is 2.36 bits per heavy atom. The van der Waals surface area contributed by atoms with Crippen LogP contribution in [0.15, 0.2) is 36.4 Å². The highest BCUT2D eigenvalue weighted by Gasteiger charge is 2.22. The summed E-state index contributed by atoms with van der Waals surface area (Å²) in [6.45, 7) is 3.66. The van der Waals surface area contributed by atoms with Crippen LogP contribution in [0.5, 0.6) is 5.75 Å². The molecular formula is C23H36O2. The first-order valence-corrected chi connectivity index (χ1v) is 10.3. The molecule has 2 nitrogen and oxygen atoms in total. The maximum Gasteiger partial charge on any atom is 0.119 e. The van der Waals surface area contributed by atoms with E-state index in [1.54, 1.807) is 0 Å². The summed E-state index contributed by atoms with van der Waals surface area (Å²) in [4.78, 5) is 0. The molecule has 0 spiro atoms. The number of aryl methyl sites for hydroxylation is 1. The first-order chi connectivity index (χ1) is 12.4. The van der Waals surface area contributed by atoms with Crippen LogP contribution >= 0.6 is 0 Å². The van der Waals surface area contributed by atoms with Crippen molar-refractivity contribution in [1.82, 2.24) is 0 Å². The predicted octanol–water partition coefficient (Wildman–Crippen LogP) is 6.48. The van der Waals surface area contributed by atoms with Gasteiger partial charge in [0.2, 0.25) is 0 Å². The first kappa shape index (κ1) is 20.0. The van der Waals surface area contributed by atoms with Crippen molar-refractivity contribution in [3.8, 4) is 5.75 Å². The number of hydrogen-bond donors (Lipinski definition) is 0. The van der Waals surface area contributed by atoms with E-state index in [-0.39, 0.29) is 0 Å². The summed E-state index contributed by atoms with van der Waals surface area (Å²) >= 11 is 0. The Morgan fingerprint density at radius 1 is 1.00 bits per heavy atom. The molecule has 0 N–H and O–H groups in total. The zero-order chi connectivity index (χ0) is 17.6. The van der Waals surface area contributed by atoms with Crippen molar-refractivity contribution in [2.24, 2.45) is 0 Å². The second-order valence-electron chi connectivity index (χ2n) is 7.20. The van der Waals surface area contributed by atoms with E-state index in [1.165, 1.54) is 76.2 Å². The van der Waals surface area contributed by atoms with Crippen LogP contribution in [0.25, 0.3) is 0 Å². The van der Waals surface area contributed by atoms with Gasteiger partial charge in [-0.25, -0.2) is 0 Å². The zero-order valence-electron chi connectivity index (χ0n) is 16.1. The quantitative estimate of drug-likeness (QED) is 0.206. The molecule has 0 bridgehead atoms. The second kappa shape index (κ2) is 13.0. The van der Waals surface area contributed by atoms with Gasteiger partial charge in [0.1, 0.15) is 18.5 Å². The number of unbranched alkanes of at least 4 members (excludes halogenated alkanes) is 9. The smallest absolute Gasteiger partial charge is 0.119 e. The summed E-state index contributed by atoms with van der Waals surface area (Å²) in [7, 11) is 0. The lowest BCUT2D eigenvalue weighted by molar-refractivity contribution is 0.263. The van der Waals surface area contributed by atoms with Crippen molar-refractivity contribution in [2.45, 2.75) is 83.7 Å². The van der Waals surface area contributed by atoms with Crippen molar-refractivity contribution < 1.29 is 9.47 Å². The standard InChI is InChI=1S/C23H36O2/c1-2-3-4-5-6-7-8-9-10-11-12-13-15-21-16-14-17-22(18-21)24-19-23-20-25-23/h2-3,14,16-18,23H,4-13,15,19-20H2,1H3/b3-2+. The summed E-state index contributed by atoms with van der Waals surface area (Å²) in [5.74, 6) is 0.988. The Kier molecular flexibility index (Phi) is 10.4. The van der Waals surface area contributed by atoms with E-state index in [0.717, 1.165) is 12.4 Å². The Morgan fingerprint density at radius 2 is 1.68 bits per heavy atom. The van der Waals surface area contributed by atoms with E-state index in [1.807, 2.05) is 6.07 Å². The molecule has 0 aromatic heterocycles. The van der Waals surface area contributed by atoms with E-state index in [0.29, 0.717) is 12.7 Å². The van der Waals surface area contributed by atoms with Gasteiger partial charge < -0.3 is 9.47 Å². The van der Waals surface area contributed by atoms with Crippen molar-refractivity contribution in [1.29, 1.82) is 0 Å². The molecule has 1 unspecified atom stereocenters. The molecule has 1 atom stereocenters. The van der Waals surface area contributed by atoms with Gasteiger partial charge in [0.15, 0.2) is 0 Å². The normalized spacial score (nSPS) is 16.4. The third-order valence-electron chi connectivity index (χ3n) is 4.81. The van der Waals surface area contributed by atoms with Gasteiger partial charge in [0.05, 0.1) is 6.61 Å². The SMILES string of the molecule is C/C=C/CCCCCCCCCCCc1cccc(OCC2CO2)c1. The van der Waals surface area contributed by atoms with Gasteiger partial charge in [-0.1, -0.05) is 69.2 Å².